The molecule has 0 atom stereocenters. The molecule has 20 heavy (non-hydrogen) atoms. The van der Waals surface area contributed by atoms with Gasteiger partial charge in [0, 0.05) is 25.5 Å². The fraction of sp³-hybridized carbons (Fsp3) is 0.385. The number of nitrogens with zero attached hydrogens (tertiary/aromatic N) is 4. The molecule has 2 rings (SSSR count). The van der Waals surface area contributed by atoms with E-state index in [1.807, 2.05) is 19.1 Å². The van der Waals surface area contributed by atoms with Crippen LogP contribution in [0.25, 0.3) is 0 Å². The molecular formula is C13H17N5O2. The molecule has 0 unspecified atom stereocenters. The van der Waals surface area contributed by atoms with Crippen molar-refractivity contribution < 1.29 is 4.92 Å². The van der Waals surface area contributed by atoms with Gasteiger partial charge in [0.05, 0.1) is 4.92 Å². The minimum absolute atomic E-state index is 0.0570. The topological polar surface area (TPSA) is 85.9 Å². The molecule has 0 amide bonds. The van der Waals surface area contributed by atoms with E-state index in [-0.39, 0.29) is 10.6 Å². The van der Waals surface area contributed by atoms with E-state index in [1.165, 1.54) is 0 Å². The van der Waals surface area contributed by atoms with Gasteiger partial charge in [-0.15, -0.1) is 0 Å². The van der Waals surface area contributed by atoms with Crippen molar-refractivity contribution in [2.45, 2.75) is 26.8 Å². The largest absolute Gasteiger partial charge is 0.364 e. The summed E-state index contributed by atoms with van der Waals surface area (Å²) in [6.45, 7) is 4.75. The van der Waals surface area contributed by atoms with Crippen LogP contribution >= 0.6 is 0 Å². The second kappa shape index (κ2) is 6.14. The quantitative estimate of drug-likeness (QED) is 0.645. The van der Waals surface area contributed by atoms with E-state index in [1.54, 1.807) is 24.0 Å². The molecule has 2 heterocycles. The first-order valence-electron chi connectivity index (χ1n) is 6.48. The van der Waals surface area contributed by atoms with Crippen molar-refractivity contribution in [2.24, 2.45) is 0 Å². The van der Waals surface area contributed by atoms with Crippen LogP contribution in [0.5, 0.6) is 0 Å². The maximum Gasteiger partial charge on any atom is 0.333 e. The average Bonchev–Trinajstić information content (AvgIpc) is 2.76. The van der Waals surface area contributed by atoms with Gasteiger partial charge < -0.3 is 5.32 Å². The van der Waals surface area contributed by atoms with Crippen molar-refractivity contribution in [3.8, 4) is 0 Å². The number of nitrogens with one attached hydrogen (secondary N) is 1. The SMILES string of the molecule is CCn1nc(C)c([N+](=O)[O-])c1NCCc1ccncc1. The van der Waals surface area contributed by atoms with Gasteiger partial charge in [0.1, 0.15) is 5.69 Å². The number of hydrogen-bond donors (Lipinski definition) is 1. The van der Waals surface area contributed by atoms with Crippen LogP contribution in [0.15, 0.2) is 24.5 Å². The van der Waals surface area contributed by atoms with Crippen molar-refractivity contribution in [3.63, 3.8) is 0 Å². The lowest BCUT2D eigenvalue weighted by Crippen LogP contribution is -2.11. The lowest BCUT2D eigenvalue weighted by molar-refractivity contribution is -0.384. The molecule has 0 fully saturated rings. The Labute approximate surface area is 116 Å². The first-order valence-corrected chi connectivity index (χ1v) is 6.48. The molecule has 0 aliphatic rings. The maximum absolute atomic E-state index is 11.1. The predicted octanol–water partition coefficient (Wildman–Crippen LogP) is 2.17. The van der Waals surface area contributed by atoms with E-state index in [0.29, 0.717) is 24.6 Å². The molecule has 0 aliphatic carbocycles. The summed E-state index contributed by atoms with van der Waals surface area (Å²) >= 11 is 0. The molecule has 0 saturated heterocycles. The van der Waals surface area contributed by atoms with E-state index < -0.39 is 0 Å². The van der Waals surface area contributed by atoms with Gasteiger partial charge in [-0.25, -0.2) is 4.68 Å². The van der Waals surface area contributed by atoms with Gasteiger partial charge in [0.15, 0.2) is 0 Å². The Morgan fingerprint density at radius 1 is 1.40 bits per heavy atom. The third kappa shape index (κ3) is 2.93. The Hall–Kier alpha value is -2.44. The molecule has 1 N–H and O–H groups in total. The summed E-state index contributed by atoms with van der Waals surface area (Å²) in [6, 6.07) is 3.86. The zero-order chi connectivity index (χ0) is 14.5. The molecular weight excluding hydrogens is 258 g/mol. The van der Waals surface area contributed by atoms with Crippen LogP contribution in [-0.2, 0) is 13.0 Å². The molecule has 2 aromatic heterocycles. The van der Waals surface area contributed by atoms with Gasteiger partial charge in [0.2, 0.25) is 5.82 Å². The van der Waals surface area contributed by atoms with Gasteiger partial charge in [0.25, 0.3) is 0 Å². The molecule has 106 valence electrons. The maximum atomic E-state index is 11.1. The predicted molar refractivity (Wildman–Crippen MR) is 75.7 cm³/mol. The number of anilines is 1. The Morgan fingerprint density at radius 2 is 2.10 bits per heavy atom. The lowest BCUT2D eigenvalue weighted by atomic mass is 10.2. The zero-order valence-electron chi connectivity index (χ0n) is 11.5. The molecule has 0 bridgehead atoms. The number of nitro groups is 1. The molecule has 2 aromatic rings. The summed E-state index contributed by atoms with van der Waals surface area (Å²) in [6.07, 6.45) is 4.24. The summed E-state index contributed by atoms with van der Waals surface area (Å²) in [5.74, 6) is 0.476. The normalized spacial score (nSPS) is 10.5. The summed E-state index contributed by atoms with van der Waals surface area (Å²) in [5.41, 5.74) is 1.62. The first kappa shape index (κ1) is 14.0. The molecule has 0 aromatic carbocycles. The summed E-state index contributed by atoms with van der Waals surface area (Å²) in [5, 5.41) is 18.4. The molecule has 0 saturated carbocycles. The number of aryl methyl sites for hydroxylation is 2. The van der Waals surface area contributed by atoms with Gasteiger partial charge in [-0.2, -0.15) is 5.10 Å². The Kier molecular flexibility index (Phi) is 4.29. The second-order valence-electron chi connectivity index (χ2n) is 4.39. The molecule has 7 nitrogen and oxygen atoms in total. The Balaban J connectivity index is 2.10. The highest BCUT2D eigenvalue weighted by Crippen LogP contribution is 2.27. The fourth-order valence-corrected chi connectivity index (χ4v) is 2.07. The highest BCUT2D eigenvalue weighted by molar-refractivity contribution is 5.59. The van der Waals surface area contributed by atoms with Crippen molar-refractivity contribution >= 4 is 11.5 Å². The molecule has 7 heteroatoms. The number of aromatic nitrogens is 3. The van der Waals surface area contributed by atoms with Crippen LogP contribution in [0.2, 0.25) is 0 Å². The van der Waals surface area contributed by atoms with Gasteiger partial charge in [-0.05, 0) is 38.0 Å². The van der Waals surface area contributed by atoms with Gasteiger partial charge >= 0.3 is 5.69 Å². The molecule has 0 spiro atoms. The highest BCUT2D eigenvalue weighted by Gasteiger charge is 2.24. The minimum atomic E-state index is -0.386. The van der Waals surface area contributed by atoms with Crippen LogP contribution in [0.1, 0.15) is 18.2 Å². The Bertz CT molecular complexity index is 594. The van der Waals surface area contributed by atoms with Crippen LogP contribution < -0.4 is 5.32 Å². The molecule has 0 radical (unpaired) electrons. The van der Waals surface area contributed by atoms with E-state index >= 15 is 0 Å². The lowest BCUT2D eigenvalue weighted by Gasteiger charge is -2.07. The molecule has 0 aliphatic heterocycles. The number of pyridine rings is 1. The highest BCUT2D eigenvalue weighted by atomic mass is 16.6. The third-order valence-corrected chi connectivity index (χ3v) is 3.03. The minimum Gasteiger partial charge on any atom is -0.364 e. The van der Waals surface area contributed by atoms with Crippen LogP contribution in [0.3, 0.4) is 0 Å². The average molecular weight is 275 g/mol. The Morgan fingerprint density at radius 3 is 2.70 bits per heavy atom. The third-order valence-electron chi connectivity index (χ3n) is 3.03. The fourth-order valence-electron chi connectivity index (χ4n) is 2.07. The standard InChI is InChI=1S/C13H17N5O2/c1-3-17-13(12(18(19)20)10(2)16-17)15-9-6-11-4-7-14-8-5-11/h4-5,7-8,15H,3,6,9H2,1-2H3. The number of hydrogen-bond acceptors (Lipinski definition) is 5. The van der Waals surface area contributed by atoms with Crippen molar-refractivity contribution in [1.29, 1.82) is 0 Å². The summed E-state index contributed by atoms with van der Waals surface area (Å²) < 4.78 is 1.63. The first-order chi connectivity index (χ1) is 9.63. The van der Waals surface area contributed by atoms with Gasteiger partial charge in [-0.1, -0.05) is 0 Å². The van der Waals surface area contributed by atoms with E-state index in [0.717, 1.165) is 12.0 Å². The van der Waals surface area contributed by atoms with Crippen LogP contribution in [0.4, 0.5) is 11.5 Å². The van der Waals surface area contributed by atoms with Crippen molar-refractivity contribution in [2.75, 3.05) is 11.9 Å². The zero-order valence-corrected chi connectivity index (χ0v) is 11.5. The second-order valence-corrected chi connectivity index (χ2v) is 4.39. The van der Waals surface area contributed by atoms with Gasteiger partial charge in [-0.3, -0.25) is 15.1 Å². The van der Waals surface area contributed by atoms with E-state index in [4.69, 9.17) is 0 Å². The summed E-state index contributed by atoms with van der Waals surface area (Å²) in [7, 11) is 0. The van der Waals surface area contributed by atoms with Crippen LogP contribution in [0, 0.1) is 17.0 Å². The monoisotopic (exact) mass is 275 g/mol. The smallest absolute Gasteiger partial charge is 0.333 e. The summed E-state index contributed by atoms with van der Waals surface area (Å²) in [4.78, 5) is 14.7. The van der Waals surface area contributed by atoms with E-state index in [9.17, 15) is 10.1 Å². The van der Waals surface area contributed by atoms with E-state index in [2.05, 4.69) is 15.4 Å². The number of rotatable bonds is 6. The van der Waals surface area contributed by atoms with Crippen molar-refractivity contribution in [1.82, 2.24) is 14.8 Å². The van der Waals surface area contributed by atoms with Crippen molar-refractivity contribution in [3.05, 3.63) is 45.9 Å². The van der Waals surface area contributed by atoms with Crippen LogP contribution in [-0.4, -0.2) is 26.2 Å².